The van der Waals surface area contributed by atoms with Gasteiger partial charge in [-0.05, 0) is 44.4 Å². The number of hydrogen-bond donors (Lipinski definition) is 2. The fourth-order valence-corrected chi connectivity index (χ4v) is 4.89. The third kappa shape index (κ3) is 4.11. The highest BCUT2D eigenvalue weighted by molar-refractivity contribution is 6.30. The first-order valence-electron chi connectivity index (χ1n) is 11.0. The Labute approximate surface area is 192 Å². The lowest BCUT2D eigenvalue weighted by molar-refractivity contribution is -0.133. The molecule has 2 aliphatic rings. The van der Waals surface area contributed by atoms with Crippen LogP contribution in [0.2, 0.25) is 5.02 Å². The predicted molar refractivity (Wildman–Crippen MR) is 120 cm³/mol. The minimum absolute atomic E-state index is 0.0636. The molecule has 0 bridgehead atoms. The lowest BCUT2D eigenvalue weighted by Gasteiger charge is -2.43. The van der Waals surface area contributed by atoms with Crippen molar-refractivity contribution in [3.63, 3.8) is 0 Å². The van der Waals surface area contributed by atoms with Gasteiger partial charge in [0.05, 0.1) is 12.9 Å². The van der Waals surface area contributed by atoms with E-state index in [0.717, 1.165) is 31.2 Å². The molecule has 0 unspecified atom stereocenters. The second-order valence-corrected chi connectivity index (χ2v) is 9.10. The summed E-state index contributed by atoms with van der Waals surface area (Å²) in [5.74, 6) is -0.971. The number of nitrogens with zero attached hydrogens (tertiary/aromatic N) is 3. The number of fused-ring (bicyclic) bond motifs is 1. The molecule has 0 radical (unpaired) electrons. The van der Waals surface area contributed by atoms with Crippen LogP contribution in [-0.4, -0.2) is 50.3 Å². The molecule has 1 aromatic heterocycles. The quantitative estimate of drug-likeness (QED) is 0.697. The summed E-state index contributed by atoms with van der Waals surface area (Å²) in [5.41, 5.74) is 0.0725. The van der Waals surface area contributed by atoms with Crippen LogP contribution in [0.1, 0.15) is 66.1 Å². The Balaban J connectivity index is 1.54. The number of hydrogen-bond acceptors (Lipinski definition) is 4. The molecule has 9 heteroatoms. The van der Waals surface area contributed by atoms with E-state index in [-0.39, 0.29) is 42.3 Å². The van der Waals surface area contributed by atoms with Gasteiger partial charge < -0.3 is 20.1 Å². The molecule has 1 aliphatic carbocycles. The lowest BCUT2D eigenvalue weighted by atomic mass is 9.94. The van der Waals surface area contributed by atoms with E-state index in [0.29, 0.717) is 11.6 Å². The van der Waals surface area contributed by atoms with Crippen LogP contribution >= 0.6 is 11.6 Å². The largest absolute Gasteiger partial charge is 0.351 e. The molecule has 32 heavy (non-hydrogen) atoms. The molecule has 4 rings (SSSR count). The lowest BCUT2D eigenvalue weighted by Crippen LogP contribution is -2.64. The topological polar surface area (TPSA) is 96.3 Å². The molecule has 1 aromatic carbocycles. The number of amides is 3. The maximum Gasteiger partial charge on any atom is 0.273 e. The number of halogens is 1. The van der Waals surface area contributed by atoms with Crippen LogP contribution in [0.15, 0.2) is 30.6 Å². The first-order chi connectivity index (χ1) is 15.3. The summed E-state index contributed by atoms with van der Waals surface area (Å²) in [7, 11) is 0. The monoisotopic (exact) mass is 457 g/mol. The zero-order valence-electron chi connectivity index (χ0n) is 18.4. The summed E-state index contributed by atoms with van der Waals surface area (Å²) in [6.07, 6.45) is 5.62. The average molecular weight is 458 g/mol. The van der Waals surface area contributed by atoms with Gasteiger partial charge in [-0.15, -0.1) is 0 Å². The Kier molecular flexibility index (Phi) is 6.24. The highest BCUT2D eigenvalue weighted by Crippen LogP contribution is 2.29. The number of benzene rings is 1. The summed E-state index contributed by atoms with van der Waals surface area (Å²) in [6, 6.07) is 7.35. The summed E-state index contributed by atoms with van der Waals surface area (Å²) in [5, 5.41) is 6.50. The molecular weight excluding hydrogens is 430 g/mol. The van der Waals surface area contributed by atoms with Crippen molar-refractivity contribution in [3.05, 3.63) is 52.6 Å². The first kappa shape index (κ1) is 22.3. The molecule has 1 fully saturated rings. The summed E-state index contributed by atoms with van der Waals surface area (Å²) >= 11 is 6.00. The van der Waals surface area contributed by atoms with Crippen molar-refractivity contribution in [2.75, 3.05) is 6.54 Å². The van der Waals surface area contributed by atoms with Crippen LogP contribution in [-0.2, 0) is 17.9 Å². The maximum atomic E-state index is 13.4. The summed E-state index contributed by atoms with van der Waals surface area (Å²) < 4.78 is 1.62. The minimum atomic E-state index is -1.04. The van der Waals surface area contributed by atoms with Gasteiger partial charge in [-0.2, -0.15) is 0 Å². The first-order valence-corrected chi connectivity index (χ1v) is 11.4. The van der Waals surface area contributed by atoms with E-state index in [1.807, 2.05) is 19.1 Å². The van der Waals surface area contributed by atoms with E-state index in [1.54, 1.807) is 28.5 Å². The Morgan fingerprint density at radius 2 is 2.03 bits per heavy atom. The molecule has 8 nitrogen and oxygen atoms in total. The van der Waals surface area contributed by atoms with Crippen LogP contribution in [0.25, 0.3) is 0 Å². The third-order valence-corrected chi connectivity index (χ3v) is 6.65. The Morgan fingerprint density at radius 3 is 2.72 bits per heavy atom. The van der Waals surface area contributed by atoms with Gasteiger partial charge in [-0.3, -0.25) is 14.4 Å². The number of likely N-dealkylation sites (N-methyl/N-ethyl adjacent to an activating group) is 1. The molecule has 1 aliphatic heterocycles. The minimum Gasteiger partial charge on any atom is -0.351 e. The second-order valence-electron chi connectivity index (χ2n) is 8.66. The van der Waals surface area contributed by atoms with E-state index < -0.39 is 11.4 Å². The molecule has 3 amide bonds. The number of aromatic nitrogens is 2. The van der Waals surface area contributed by atoms with E-state index in [4.69, 9.17) is 11.6 Å². The average Bonchev–Trinajstić information content (AvgIpc) is 3.42. The zero-order valence-corrected chi connectivity index (χ0v) is 19.1. The van der Waals surface area contributed by atoms with Crippen LogP contribution in [0, 0.1) is 0 Å². The van der Waals surface area contributed by atoms with Gasteiger partial charge in [0.25, 0.3) is 11.8 Å². The SMILES string of the molecule is CCN1C(=O)c2c(C(=O)NCc3cccc(Cl)c3)ncn2C[C@@]1(C)C(=O)NC1CCCC1. The molecule has 1 atom stereocenters. The molecule has 0 saturated heterocycles. The van der Waals surface area contributed by atoms with Gasteiger partial charge in [-0.1, -0.05) is 36.6 Å². The van der Waals surface area contributed by atoms with Crippen molar-refractivity contribution in [1.29, 1.82) is 0 Å². The Bertz CT molecular complexity index is 1050. The van der Waals surface area contributed by atoms with Crippen molar-refractivity contribution in [1.82, 2.24) is 25.1 Å². The van der Waals surface area contributed by atoms with E-state index in [2.05, 4.69) is 15.6 Å². The van der Waals surface area contributed by atoms with Crippen molar-refractivity contribution >= 4 is 29.3 Å². The molecule has 1 saturated carbocycles. The van der Waals surface area contributed by atoms with Gasteiger partial charge in [0.15, 0.2) is 5.69 Å². The third-order valence-electron chi connectivity index (χ3n) is 6.41. The van der Waals surface area contributed by atoms with Crippen LogP contribution < -0.4 is 10.6 Å². The van der Waals surface area contributed by atoms with Crippen LogP contribution in [0.5, 0.6) is 0 Å². The fourth-order valence-electron chi connectivity index (χ4n) is 4.67. The van der Waals surface area contributed by atoms with Crippen molar-refractivity contribution in [2.24, 2.45) is 0 Å². The second kappa shape index (κ2) is 8.94. The van der Waals surface area contributed by atoms with Crippen LogP contribution in [0.4, 0.5) is 0 Å². The summed E-state index contributed by atoms with van der Waals surface area (Å²) in [6.45, 7) is 4.47. The Hall–Kier alpha value is -2.87. The van der Waals surface area contributed by atoms with E-state index >= 15 is 0 Å². The molecule has 0 spiro atoms. The van der Waals surface area contributed by atoms with E-state index in [9.17, 15) is 14.4 Å². The van der Waals surface area contributed by atoms with Gasteiger partial charge in [0.1, 0.15) is 11.2 Å². The van der Waals surface area contributed by atoms with Gasteiger partial charge >= 0.3 is 0 Å². The number of carbonyl (C=O) groups excluding carboxylic acids is 3. The smallest absolute Gasteiger partial charge is 0.273 e. The number of rotatable bonds is 6. The normalized spacial score (nSPS) is 20.8. The van der Waals surface area contributed by atoms with Crippen molar-refractivity contribution in [2.45, 2.75) is 64.2 Å². The number of imidazole rings is 1. The van der Waals surface area contributed by atoms with Crippen molar-refractivity contribution in [3.8, 4) is 0 Å². The van der Waals surface area contributed by atoms with Gasteiger partial charge in [0, 0.05) is 24.2 Å². The highest BCUT2D eigenvalue weighted by Gasteiger charge is 2.48. The van der Waals surface area contributed by atoms with Gasteiger partial charge in [0.2, 0.25) is 5.91 Å². The zero-order chi connectivity index (χ0) is 22.9. The highest BCUT2D eigenvalue weighted by atomic mass is 35.5. The fraction of sp³-hybridized carbons (Fsp3) is 0.478. The standard InChI is InChI=1S/C23H28ClN5O3/c1-3-29-21(31)19-18(20(30)25-12-15-7-6-8-16(24)11-15)26-14-28(19)13-23(29,2)22(32)27-17-9-4-5-10-17/h6-8,11,14,17H,3-5,9-10,12-13H2,1-2H3,(H,25,30)(H,27,32)/t23-/m0/s1. The number of carbonyl (C=O) groups is 3. The summed E-state index contributed by atoms with van der Waals surface area (Å²) in [4.78, 5) is 45.2. The molecule has 2 aromatic rings. The molecule has 2 N–H and O–H groups in total. The maximum absolute atomic E-state index is 13.4. The van der Waals surface area contributed by atoms with Gasteiger partial charge in [-0.25, -0.2) is 4.98 Å². The Morgan fingerprint density at radius 1 is 1.28 bits per heavy atom. The molecule has 2 heterocycles. The molecular formula is C23H28ClN5O3. The number of nitrogens with one attached hydrogen (secondary N) is 2. The molecule has 170 valence electrons. The van der Waals surface area contributed by atoms with Crippen molar-refractivity contribution < 1.29 is 14.4 Å². The van der Waals surface area contributed by atoms with E-state index in [1.165, 1.54) is 6.33 Å². The predicted octanol–water partition coefficient (Wildman–Crippen LogP) is 2.76. The van der Waals surface area contributed by atoms with Crippen LogP contribution in [0.3, 0.4) is 0 Å².